The third-order valence-corrected chi connectivity index (χ3v) is 4.34. The monoisotopic (exact) mass is 394 g/mol. The number of carbonyl (C=O) groups excluding carboxylic acids is 1. The molecule has 3 rings (SSSR count). The molecule has 0 spiro atoms. The van der Waals surface area contributed by atoms with E-state index in [4.69, 9.17) is 0 Å². The van der Waals surface area contributed by atoms with Gasteiger partial charge in [-0.2, -0.15) is 0 Å². The summed E-state index contributed by atoms with van der Waals surface area (Å²) in [4.78, 5) is 26.9. The van der Waals surface area contributed by atoms with E-state index in [0.29, 0.717) is 17.3 Å². The second-order valence-corrected chi connectivity index (χ2v) is 6.34. The Kier molecular flexibility index (Phi) is 6.33. The van der Waals surface area contributed by atoms with Crippen molar-refractivity contribution in [3.63, 3.8) is 0 Å². The van der Waals surface area contributed by atoms with Gasteiger partial charge in [0.2, 0.25) is 0 Å². The van der Waals surface area contributed by atoms with Crippen LogP contribution in [0.4, 0.5) is 27.4 Å². The predicted octanol–water partition coefficient (Wildman–Crippen LogP) is 4.16. The Labute approximate surface area is 169 Å². The molecular weight excluding hydrogens is 371 g/mol. The largest absolute Gasteiger partial charge is 0.357 e. The van der Waals surface area contributed by atoms with Gasteiger partial charge in [0.05, 0.1) is 11.8 Å². The molecule has 0 aliphatic heterocycles. The lowest BCUT2D eigenvalue weighted by Gasteiger charge is -2.20. The van der Waals surface area contributed by atoms with Gasteiger partial charge in [-0.3, -0.25) is 9.78 Å². The molecule has 7 nitrogen and oxygen atoms in total. The third-order valence-electron chi connectivity index (χ3n) is 4.34. The highest BCUT2D eigenvalue weighted by molar-refractivity contribution is 6.04. The van der Waals surface area contributed by atoms with Gasteiger partial charge in [-0.25, -0.2) is 14.4 Å². The topological polar surface area (TPSA) is 83.0 Å². The molecule has 150 valence electrons. The molecule has 1 amide bonds. The number of aromatic nitrogens is 3. The lowest BCUT2D eigenvalue weighted by atomic mass is 10.2. The average molecular weight is 394 g/mol. The Morgan fingerprint density at radius 1 is 1.07 bits per heavy atom. The number of aryl methyl sites for hydroxylation is 1. The van der Waals surface area contributed by atoms with E-state index in [9.17, 15) is 9.18 Å². The average Bonchev–Trinajstić information content (AvgIpc) is 2.70. The van der Waals surface area contributed by atoms with Crippen molar-refractivity contribution in [1.29, 1.82) is 0 Å². The van der Waals surface area contributed by atoms with E-state index < -0.39 is 11.7 Å². The fraction of sp³-hybridized carbons (Fsp3) is 0.238. The number of hydrogen-bond donors (Lipinski definition) is 2. The fourth-order valence-electron chi connectivity index (χ4n) is 2.87. The Morgan fingerprint density at radius 2 is 1.76 bits per heavy atom. The first-order chi connectivity index (χ1) is 14.0. The summed E-state index contributed by atoms with van der Waals surface area (Å²) in [6.07, 6.45) is 2.39. The van der Waals surface area contributed by atoms with E-state index >= 15 is 0 Å². The van der Waals surface area contributed by atoms with Crippen LogP contribution in [-0.2, 0) is 0 Å². The van der Waals surface area contributed by atoms with Gasteiger partial charge in [0.1, 0.15) is 17.5 Å². The van der Waals surface area contributed by atoms with Crippen molar-refractivity contribution >= 4 is 28.9 Å². The zero-order valence-corrected chi connectivity index (χ0v) is 16.6. The Morgan fingerprint density at radius 3 is 2.41 bits per heavy atom. The van der Waals surface area contributed by atoms with Gasteiger partial charge in [-0.05, 0) is 51.1 Å². The Hall–Kier alpha value is -3.55. The van der Waals surface area contributed by atoms with E-state index in [0.717, 1.165) is 30.8 Å². The molecule has 0 saturated carbocycles. The molecule has 0 fully saturated rings. The zero-order valence-electron chi connectivity index (χ0n) is 16.6. The van der Waals surface area contributed by atoms with Crippen LogP contribution in [0.3, 0.4) is 0 Å². The lowest BCUT2D eigenvalue weighted by Crippen LogP contribution is -2.23. The van der Waals surface area contributed by atoms with Gasteiger partial charge in [0.15, 0.2) is 5.82 Å². The third kappa shape index (κ3) is 5.04. The molecule has 0 radical (unpaired) electrons. The number of pyridine rings is 1. The molecule has 3 aromatic rings. The van der Waals surface area contributed by atoms with Gasteiger partial charge in [0.25, 0.3) is 5.91 Å². The summed E-state index contributed by atoms with van der Waals surface area (Å²) < 4.78 is 13.7. The highest BCUT2D eigenvalue weighted by Crippen LogP contribution is 2.21. The van der Waals surface area contributed by atoms with Crippen LogP contribution in [0.1, 0.15) is 30.0 Å². The summed E-state index contributed by atoms with van der Waals surface area (Å²) in [6.45, 7) is 7.74. The molecule has 29 heavy (non-hydrogen) atoms. The lowest BCUT2D eigenvalue weighted by molar-refractivity contribution is 0.102. The molecule has 0 unspecified atom stereocenters. The van der Waals surface area contributed by atoms with Crippen LogP contribution >= 0.6 is 0 Å². The number of halogens is 1. The van der Waals surface area contributed by atoms with Gasteiger partial charge >= 0.3 is 0 Å². The maximum absolute atomic E-state index is 13.7. The summed E-state index contributed by atoms with van der Waals surface area (Å²) in [5, 5.41) is 5.92. The molecule has 1 aromatic carbocycles. The first-order valence-electron chi connectivity index (χ1n) is 9.38. The number of nitrogens with one attached hydrogen (secondary N) is 2. The molecule has 0 bridgehead atoms. The van der Waals surface area contributed by atoms with Crippen molar-refractivity contribution in [2.75, 3.05) is 28.6 Å². The Bertz CT molecular complexity index is 989. The van der Waals surface area contributed by atoms with Crippen LogP contribution in [-0.4, -0.2) is 33.9 Å². The number of amides is 1. The SMILES string of the molecule is CCN(CC)c1cc(Nc2ccc(NC(=O)c3ccncc3F)cc2)nc(C)n1. The number of anilines is 4. The minimum Gasteiger partial charge on any atom is -0.357 e. The van der Waals surface area contributed by atoms with E-state index in [2.05, 4.69) is 44.3 Å². The second-order valence-electron chi connectivity index (χ2n) is 6.34. The number of carbonyl (C=O) groups is 1. The zero-order chi connectivity index (χ0) is 20.8. The molecule has 0 saturated heterocycles. The minimum atomic E-state index is -0.661. The van der Waals surface area contributed by atoms with Gasteiger partial charge in [-0.15, -0.1) is 0 Å². The van der Waals surface area contributed by atoms with Gasteiger partial charge in [-0.1, -0.05) is 0 Å². The Balaban J connectivity index is 1.71. The maximum Gasteiger partial charge on any atom is 0.258 e. The van der Waals surface area contributed by atoms with E-state index in [1.54, 1.807) is 12.1 Å². The second kappa shape index (κ2) is 9.09. The predicted molar refractivity (Wildman–Crippen MR) is 112 cm³/mol. The fourth-order valence-corrected chi connectivity index (χ4v) is 2.87. The highest BCUT2D eigenvalue weighted by Gasteiger charge is 2.12. The molecule has 2 heterocycles. The maximum atomic E-state index is 13.7. The molecule has 0 aliphatic rings. The quantitative estimate of drug-likeness (QED) is 0.626. The number of rotatable bonds is 7. The summed E-state index contributed by atoms with van der Waals surface area (Å²) in [7, 11) is 0. The smallest absolute Gasteiger partial charge is 0.258 e. The van der Waals surface area contributed by atoms with Gasteiger partial charge < -0.3 is 15.5 Å². The molecule has 0 atom stereocenters. The van der Waals surface area contributed by atoms with Crippen molar-refractivity contribution in [2.45, 2.75) is 20.8 Å². The first-order valence-corrected chi connectivity index (χ1v) is 9.38. The van der Waals surface area contributed by atoms with Crippen LogP contribution < -0.4 is 15.5 Å². The van der Waals surface area contributed by atoms with E-state index in [1.807, 2.05) is 25.1 Å². The first kappa shape index (κ1) is 20.2. The summed E-state index contributed by atoms with van der Waals surface area (Å²) >= 11 is 0. The number of nitrogens with zero attached hydrogens (tertiary/aromatic N) is 4. The van der Waals surface area contributed by atoms with Crippen LogP contribution in [0.25, 0.3) is 0 Å². The molecule has 0 aliphatic carbocycles. The summed E-state index contributed by atoms with van der Waals surface area (Å²) in [5.74, 6) is 1.05. The highest BCUT2D eigenvalue weighted by atomic mass is 19.1. The molecule has 2 N–H and O–H groups in total. The van der Waals surface area contributed by atoms with Crippen molar-refractivity contribution < 1.29 is 9.18 Å². The standard InChI is InChI=1S/C21H23FN6O/c1-4-28(5-2)20-12-19(24-14(3)25-20)26-15-6-8-16(9-7-15)27-21(29)17-10-11-23-13-18(17)22/h6-13H,4-5H2,1-3H3,(H,27,29)(H,24,25,26). The van der Waals surface area contributed by atoms with E-state index in [1.165, 1.54) is 12.3 Å². The van der Waals surface area contributed by atoms with Crippen molar-refractivity contribution in [2.24, 2.45) is 0 Å². The van der Waals surface area contributed by atoms with E-state index in [-0.39, 0.29) is 5.56 Å². The summed E-state index contributed by atoms with van der Waals surface area (Å²) in [6, 6.07) is 10.3. The molecule has 2 aromatic heterocycles. The van der Waals surface area contributed by atoms with Gasteiger partial charge in [0, 0.05) is 36.7 Å². The summed E-state index contributed by atoms with van der Waals surface area (Å²) in [5.41, 5.74) is 1.31. The molecule has 8 heteroatoms. The van der Waals surface area contributed by atoms with Crippen LogP contribution in [0.5, 0.6) is 0 Å². The van der Waals surface area contributed by atoms with Crippen LogP contribution in [0, 0.1) is 12.7 Å². The molecular formula is C21H23FN6O. The number of benzene rings is 1. The van der Waals surface area contributed by atoms with Crippen LogP contribution in [0.2, 0.25) is 0 Å². The number of hydrogen-bond acceptors (Lipinski definition) is 6. The van der Waals surface area contributed by atoms with Crippen molar-refractivity contribution in [3.8, 4) is 0 Å². The van der Waals surface area contributed by atoms with Crippen molar-refractivity contribution in [1.82, 2.24) is 15.0 Å². The minimum absolute atomic E-state index is 0.0532. The van der Waals surface area contributed by atoms with Crippen molar-refractivity contribution in [3.05, 3.63) is 66.0 Å². The normalized spacial score (nSPS) is 10.5. The van der Waals surface area contributed by atoms with Crippen LogP contribution in [0.15, 0.2) is 48.8 Å².